The molecule has 0 aliphatic rings. The highest BCUT2D eigenvalue weighted by atomic mass is 32.1. The van der Waals surface area contributed by atoms with E-state index >= 15 is 0 Å². The van der Waals surface area contributed by atoms with Crippen molar-refractivity contribution in [3.63, 3.8) is 0 Å². The number of hydrogen-bond donors (Lipinski definition) is 2. The zero-order valence-corrected chi connectivity index (χ0v) is 11.6. The van der Waals surface area contributed by atoms with Gasteiger partial charge in [-0.25, -0.2) is 4.79 Å². The van der Waals surface area contributed by atoms with E-state index in [-0.39, 0.29) is 10.8 Å². The van der Waals surface area contributed by atoms with E-state index in [1.54, 1.807) is 18.5 Å². The van der Waals surface area contributed by atoms with E-state index in [4.69, 9.17) is 5.11 Å². The summed E-state index contributed by atoms with van der Waals surface area (Å²) in [6.45, 7) is 0. The van der Waals surface area contributed by atoms with E-state index < -0.39 is 5.97 Å². The molecule has 0 aliphatic carbocycles. The molecule has 0 atom stereocenters. The van der Waals surface area contributed by atoms with Crippen LogP contribution in [0.4, 0.5) is 5.69 Å². The third-order valence-corrected chi connectivity index (χ3v) is 4.04. The Labute approximate surface area is 123 Å². The van der Waals surface area contributed by atoms with Crippen molar-refractivity contribution in [1.29, 1.82) is 0 Å². The lowest BCUT2D eigenvalue weighted by Crippen LogP contribution is -2.10. The molecule has 0 spiro atoms. The van der Waals surface area contributed by atoms with Crippen LogP contribution in [0.1, 0.15) is 19.3 Å². The number of carbonyl (C=O) groups excluding carboxylic acids is 1. The third kappa shape index (κ3) is 2.61. The summed E-state index contributed by atoms with van der Waals surface area (Å²) in [7, 11) is 0. The van der Waals surface area contributed by atoms with Crippen molar-refractivity contribution in [3.05, 3.63) is 58.5 Å². The molecule has 2 aromatic heterocycles. The number of anilines is 1. The second kappa shape index (κ2) is 5.34. The van der Waals surface area contributed by atoms with Crippen LogP contribution in [-0.4, -0.2) is 22.0 Å². The fourth-order valence-corrected chi connectivity index (χ4v) is 2.73. The van der Waals surface area contributed by atoms with Crippen LogP contribution in [0.15, 0.2) is 48.8 Å². The zero-order valence-electron chi connectivity index (χ0n) is 10.7. The summed E-state index contributed by atoms with van der Waals surface area (Å²) in [5, 5.41) is 13.5. The molecule has 3 rings (SSSR count). The highest BCUT2D eigenvalue weighted by Crippen LogP contribution is 2.24. The van der Waals surface area contributed by atoms with Gasteiger partial charge in [0.05, 0.1) is 4.88 Å². The molecule has 104 valence electrons. The van der Waals surface area contributed by atoms with Crippen LogP contribution in [0.5, 0.6) is 0 Å². The Hall–Kier alpha value is -2.73. The topological polar surface area (TPSA) is 79.3 Å². The summed E-state index contributed by atoms with van der Waals surface area (Å²) < 4.78 is 0. The minimum Gasteiger partial charge on any atom is -0.477 e. The first-order valence-electron chi connectivity index (χ1n) is 6.12. The molecule has 0 saturated heterocycles. The summed E-state index contributed by atoms with van der Waals surface area (Å²) >= 11 is 0.950. The Kier molecular flexibility index (Phi) is 3.37. The number of nitrogens with zero attached hydrogens (tertiary/aromatic N) is 1. The summed E-state index contributed by atoms with van der Waals surface area (Å²) in [6.07, 6.45) is 3.38. The first-order valence-corrected chi connectivity index (χ1v) is 6.94. The van der Waals surface area contributed by atoms with Gasteiger partial charge in [-0.3, -0.25) is 9.78 Å². The highest BCUT2D eigenvalue weighted by Gasteiger charge is 2.13. The van der Waals surface area contributed by atoms with Crippen molar-refractivity contribution < 1.29 is 14.7 Å². The molecule has 2 N–H and O–H groups in total. The van der Waals surface area contributed by atoms with Crippen molar-refractivity contribution in [2.45, 2.75) is 0 Å². The van der Waals surface area contributed by atoms with Crippen LogP contribution in [0, 0.1) is 0 Å². The fourth-order valence-electron chi connectivity index (χ4n) is 1.99. The highest BCUT2D eigenvalue weighted by molar-refractivity contribution is 7.16. The van der Waals surface area contributed by atoms with Gasteiger partial charge >= 0.3 is 5.97 Å². The van der Waals surface area contributed by atoms with Crippen LogP contribution in [-0.2, 0) is 0 Å². The van der Waals surface area contributed by atoms with Gasteiger partial charge in [-0.15, -0.1) is 11.3 Å². The Morgan fingerprint density at radius 1 is 1.10 bits per heavy atom. The summed E-state index contributed by atoms with van der Waals surface area (Å²) in [4.78, 5) is 27.6. The first kappa shape index (κ1) is 13.3. The number of rotatable bonds is 3. The van der Waals surface area contributed by atoms with Gasteiger partial charge in [0.15, 0.2) is 0 Å². The normalized spacial score (nSPS) is 10.5. The second-order valence-corrected chi connectivity index (χ2v) is 5.41. The smallest absolute Gasteiger partial charge is 0.345 e. The van der Waals surface area contributed by atoms with Gasteiger partial charge in [-0.05, 0) is 24.3 Å². The first-order chi connectivity index (χ1) is 10.1. The molecule has 21 heavy (non-hydrogen) atoms. The summed E-state index contributed by atoms with van der Waals surface area (Å²) in [5.41, 5.74) is 0.671. The maximum atomic E-state index is 12.2. The Balaban J connectivity index is 1.91. The minimum absolute atomic E-state index is 0.141. The lowest BCUT2D eigenvalue weighted by atomic mass is 10.1. The Morgan fingerprint density at radius 3 is 2.67 bits per heavy atom. The van der Waals surface area contributed by atoms with E-state index in [2.05, 4.69) is 10.3 Å². The number of carboxylic acid groups (broad SMARTS) is 1. The molecule has 3 aromatic rings. The molecule has 2 heterocycles. The molecular formula is C15H10N2O3S. The van der Waals surface area contributed by atoms with Gasteiger partial charge in [0, 0.05) is 28.9 Å². The number of pyridine rings is 1. The van der Waals surface area contributed by atoms with Gasteiger partial charge in [-0.1, -0.05) is 12.1 Å². The van der Waals surface area contributed by atoms with E-state index in [9.17, 15) is 9.59 Å². The molecule has 5 nitrogen and oxygen atoms in total. The van der Waals surface area contributed by atoms with Crippen LogP contribution in [0.2, 0.25) is 0 Å². The van der Waals surface area contributed by atoms with Gasteiger partial charge < -0.3 is 10.4 Å². The number of fused-ring (bicyclic) bond motifs is 1. The molecule has 1 amide bonds. The fraction of sp³-hybridized carbons (Fsp3) is 0. The van der Waals surface area contributed by atoms with E-state index in [1.165, 1.54) is 12.1 Å². The average molecular weight is 298 g/mol. The predicted molar refractivity (Wildman–Crippen MR) is 81.0 cm³/mol. The summed E-state index contributed by atoms with van der Waals surface area (Å²) in [5.74, 6) is -1.35. The van der Waals surface area contributed by atoms with Gasteiger partial charge in [0.2, 0.25) is 0 Å². The van der Waals surface area contributed by atoms with Crippen LogP contribution >= 0.6 is 11.3 Å². The quantitative estimate of drug-likeness (QED) is 0.778. The van der Waals surface area contributed by atoms with Crippen molar-refractivity contribution in [3.8, 4) is 0 Å². The average Bonchev–Trinajstić information content (AvgIpc) is 2.98. The predicted octanol–water partition coefficient (Wildman–Crippen LogP) is 3.25. The second-order valence-electron chi connectivity index (χ2n) is 4.33. The lowest BCUT2D eigenvalue weighted by molar-refractivity contribution is 0.0702. The van der Waals surface area contributed by atoms with E-state index in [1.807, 2.05) is 18.2 Å². The van der Waals surface area contributed by atoms with Crippen molar-refractivity contribution in [2.75, 3.05) is 5.32 Å². The number of benzene rings is 1. The molecule has 0 bridgehead atoms. The molecule has 6 heteroatoms. The largest absolute Gasteiger partial charge is 0.477 e. The minimum atomic E-state index is -1.03. The van der Waals surface area contributed by atoms with Crippen molar-refractivity contribution in [1.82, 2.24) is 4.98 Å². The molecule has 0 aliphatic heterocycles. The van der Waals surface area contributed by atoms with Crippen LogP contribution in [0.25, 0.3) is 10.8 Å². The number of thiophene rings is 1. The summed E-state index contributed by atoms with van der Waals surface area (Å²) in [6, 6.07) is 10.3. The van der Waals surface area contributed by atoms with Crippen molar-refractivity contribution >= 4 is 39.7 Å². The zero-order chi connectivity index (χ0) is 14.8. The monoisotopic (exact) mass is 298 g/mol. The maximum Gasteiger partial charge on any atom is 0.345 e. The van der Waals surface area contributed by atoms with Crippen LogP contribution < -0.4 is 5.32 Å². The standard InChI is InChI=1S/C15H10N2O3S/c18-14(12-4-5-13(21-12)15(19)20)17-11-3-1-2-9-8-16-7-6-10(9)11/h1-8H,(H,17,18)(H,19,20). The molecule has 1 aromatic carbocycles. The number of aromatic carboxylic acids is 1. The van der Waals surface area contributed by atoms with Gasteiger partial charge in [0.1, 0.15) is 4.88 Å². The number of amides is 1. The number of carboxylic acids is 1. The molecule has 0 unspecified atom stereocenters. The Bertz CT molecular complexity index is 836. The maximum absolute atomic E-state index is 12.2. The number of carbonyl (C=O) groups is 2. The van der Waals surface area contributed by atoms with E-state index in [0.29, 0.717) is 10.6 Å². The number of nitrogens with one attached hydrogen (secondary N) is 1. The molecule has 0 saturated carbocycles. The van der Waals surface area contributed by atoms with Crippen LogP contribution in [0.3, 0.4) is 0 Å². The molecule has 0 fully saturated rings. The SMILES string of the molecule is O=C(O)c1ccc(C(=O)Nc2cccc3cnccc23)s1. The third-order valence-electron chi connectivity index (χ3n) is 2.97. The van der Waals surface area contributed by atoms with Gasteiger partial charge in [0.25, 0.3) is 5.91 Å². The lowest BCUT2D eigenvalue weighted by Gasteiger charge is -2.07. The molecular weight excluding hydrogens is 288 g/mol. The number of hydrogen-bond acceptors (Lipinski definition) is 4. The van der Waals surface area contributed by atoms with Crippen molar-refractivity contribution in [2.24, 2.45) is 0 Å². The number of aromatic nitrogens is 1. The van der Waals surface area contributed by atoms with Gasteiger partial charge in [-0.2, -0.15) is 0 Å². The van der Waals surface area contributed by atoms with E-state index in [0.717, 1.165) is 22.1 Å². The Morgan fingerprint density at radius 2 is 1.90 bits per heavy atom. The molecule has 0 radical (unpaired) electrons.